The summed E-state index contributed by atoms with van der Waals surface area (Å²) in [6.07, 6.45) is 0.889. The molecule has 0 spiro atoms. The number of aliphatic hydroxyl groups excluding tert-OH is 1. The lowest BCUT2D eigenvalue weighted by atomic mass is 10.2. The van der Waals surface area contributed by atoms with Gasteiger partial charge in [0.15, 0.2) is 0 Å². The predicted octanol–water partition coefficient (Wildman–Crippen LogP) is 0.848. The summed E-state index contributed by atoms with van der Waals surface area (Å²) in [4.78, 5) is 6.45. The van der Waals surface area contributed by atoms with Crippen molar-refractivity contribution in [2.75, 3.05) is 25.2 Å². The second-order valence-electron chi connectivity index (χ2n) is 4.55. The first-order chi connectivity index (χ1) is 8.67. The van der Waals surface area contributed by atoms with Crippen LogP contribution >= 0.6 is 0 Å². The summed E-state index contributed by atoms with van der Waals surface area (Å²) in [7, 11) is 1.67. The van der Waals surface area contributed by atoms with Gasteiger partial charge in [-0.1, -0.05) is 0 Å². The number of aliphatic hydroxyl groups is 1. The van der Waals surface area contributed by atoms with Gasteiger partial charge in [0.1, 0.15) is 5.82 Å². The molecule has 0 radical (unpaired) electrons. The van der Waals surface area contributed by atoms with Gasteiger partial charge >= 0.3 is 0 Å². The minimum absolute atomic E-state index is 0.00999. The Bertz CT molecular complexity index is 470. The van der Waals surface area contributed by atoms with Crippen molar-refractivity contribution >= 4 is 5.82 Å². The molecule has 1 fully saturated rings. The number of nitriles is 1. The Morgan fingerprint density at radius 1 is 1.61 bits per heavy atom. The van der Waals surface area contributed by atoms with Gasteiger partial charge in [0, 0.05) is 19.3 Å². The molecule has 1 aliphatic rings. The first-order valence-electron chi connectivity index (χ1n) is 5.97. The predicted molar refractivity (Wildman–Crippen MR) is 67.3 cm³/mol. The van der Waals surface area contributed by atoms with Crippen molar-refractivity contribution < 1.29 is 9.84 Å². The van der Waals surface area contributed by atoms with Crippen molar-refractivity contribution in [1.82, 2.24) is 4.98 Å². The molecule has 0 aliphatic carbocycles. The van der Waals surface area contributed by atoms with E-state index in [1.54, 1.807) is 19.2 Å². The van der Waals surface area contributed by atoms with Crippen LogP contribution in [0.25, 0.3) is 0 Å². The largest absolute Gasteiger partial charge is 0.394 e. The third-order valence-corrected chi connectivity index (χ3v) is 3.28. The zero-order valence-corrected chi connectivity index (χ0v) is 10.6. The number of hydrogen-bond acceptors (Lipinski definition) is 5. The van der Waals surface area contributed by atoms with Crippen molar-refractivity contribution in [2.24, 2.45) is 0 Å². The number of aryl methyl sites for hydroxylation is 1. The molecular weight excluding hydrogens is 230 g/mol. The van der Waals surface area contributed by atoms with E-state index in [0.717, 1.165) is 17.9 Å². The lowest BCUT2D eigenvalue weighted by Crippen LogP contribution is -2.33. The zero-order chi connectivity index (χ0) is 13.1. The van der Waals surface area contributed by atoms with Crippen molar-refractivity contribution in [3.05, 3.63) is 23.4 Å². The summed E-state index contributed by atoms with van der Waals surface area (Å²) >= 11 is 0. The van der Waals surface area contributed by atoms with Gasteiger partial charge < -0.3 is 14.7 Å². The second-order valence-corrected chi connectivity index (χ2v) is 4.55. The summed E-state index contributed by atoms with van der Waals surface area (Å²) in [6, 6.07) is 5.65. The van der Waals surface area contributed by atoms with E-state index in [1.807, 2.05) is 11.8 Å². The Morgan fingerprint density at radius 3 is 3.00 bits per heavy atom. The van der Waals surface area contributed by atoms with Crippen LogP contribution in [0.4, 0.5) is 5.82 Å². The van der Waals surface area contributed by atoms with E-state index in [1.165, 1.54) is 0 Å². The highest BCUT2D eigenvalue weighted by Crippen LogP contribution is 2.26. The molecule has 1 aromatic heterocycles. The van der Waals surface area contributed by atoms with Crippen molar-refractivity contribution in [2.45, 2.75) is 25.5 Å². The maximum absolute atomic E-state index is 9.42. The monoisotopic (exact) mass is 247 g/mol. The highest BCUT2D eigenvalue weighted by Gasteiger charge is 2.32. The van der Waals surface area contributed by atoms with E-state index in [-0.39, 0.29) is 18.8 Å². The van der Waals surface area contributed by atoms with Crippen LogP contribution in [0.3, 0.4) is 0 Å². The van der Waals surface area contributed by atoms with Crippen molar-refractivity contribution in [1.29, 1.82) is 5.26 Å². The highest BCUT2D eigenvalue weighted by molar-refractivity contribution is 5.48. The molecule has 2 rings (SSSR count). The number of aromatic nitrogens is 1. The average Bonchev–Trinajstić information content (AvgIpc) is 2.81. The van der Waals surface area contributed by atoms with E-state index in [4.69, 9.17) is 10.00 Å². The molecular formula is C13H17N3O2. The minimum atomic E-state index is 0.00999. The topological polar surface area (TPSA) is 69.4 Å². The molecule has 5 heteroatoms. The number of ether oxygens (including phenoxy) is 1. The maximum Gasteiger partial charge on any atom is 0.130 e. The number of hydrogen-bond donors (Lipinski definition) is 1. The zero-order valence-electron chi connectivity index (χ0n) is 10.6. The summed E-state index contributed by atoms with van der Waals surface area (Å²) in [5.41, 5.74) is 1.40. The summed E-state index contributed by atoms with van der Waals surface area (Å²) < 4.78 is 5.34. The number of methoxy groups -OCH3 is 1. The van der Waals surface area contributed by atoms with E-state index >= 15 is 0 Å². The summed E-state index contributed by atoms with van der Waals surface area (Å²) in [6.45, 7) is 2.63. The van der Waals surface area contributed by atoms with Crippen LogP contribution in [-0.2, 0) is 4.74 Å². The lowest BCUT2D eigenvalue weighted by molar-refractivity contribution is 0.115. The molecule has 0 bridgehead atoms. The normalized spacial score (nSPS) is 23.1. The molecule has 2 heterocycles. The SMILES string of the molecule is CO[C@@H]1C[C@@H](CO)N(c2cc(C#N)cc(C)n2)C1. The second kappa shape index (κ2) is 5.34. The van der Waals surface area contributed by atoms with Crippen LogP contribution in [0.1, 0.15) is 17.7 Å². The molecule has 5 nitrogen and oxygen atoms in total. The van der Waals surface area contributed by atoms with Crippen LogP contribution < -0.4 is 4.90 Å². The number of anilines is 1. The van der Waals surface area contributed by atoms with E-state index < -0.39 is 0 Å². The van der Waals surface area contributed by atoms with Gasteiger partial charge in [-0.3, -0.25) is 0 Å². The Kier molecular flexibility index (Phi) is 3.80. The number of rotatable bonds is 3. The average molecular weight is 247 g/mol. The van der Waals surface area contributed by atoms with Crippen LogP contribution in [0.2, 0.25) is 0 Å². The first kappa shape index (κ1) is 12.8. The van der Waals surface area contributed by atoms with E-state index in [9.17, 15) is 5.11 Å². The Morgan fingerprint density at radius 2 is 2.39 bits per heavy atom. The van der Waals surface area contributed by atoms with E-state index in [2.05, 4.69) is 11.1 Å². The fourth-order valence-electron chi connectivity index (χ4n) is 2.36. The summed E-state index contributed by atoms with van der Waals surface area (Å²) in [5, 5.41) is 18.4. The molecule has 18 heavy (non-hydrogen) atoms. The molecule has 0 aromatic carbocycles. The van der Waals surface area contributed by atoms with Gasteiger partial charge in [0.05, 0.1) is 30.4 Å². The maximum atomic E-state index is 9.42. The Labute approximate surface area is 107 Å². The van der Waals surface area contributed by atoms with E-state index in [0.29, 0.717) is 12.1 Å². The van der Waals surface area contributed by atoms with Crippen molar-refractivity contribution in [3.63, 3.8) is 0 Å². The Balaban J connectivity index is 2.30. The van der Waals surface area contributed by atoms with Gasteiger partial charge in [0.25, 0.3) is 0 Å². The van der Waals surface area contributed by atoms with Gasteiger partial charge in [-0.2, -0.15) is 5.26 Å². The van der Waals surface area contributed by atoms with Gasteiger partial charge in [-0.25, -0.2) is 4.98 Å². The standard InChI is InChI=1S/C13H17N3O2/c1-9-3-10(6-14)4-13(15-9)16-7-12(18-2)5-11(16)8-17/h3-4,11-12,17H,5,7-8H2,1-2H3/t11-,12+/m0/s1. The van der Waals surface area contributed by atoms with Crippen molar-refractivity contribution in [3.8, 4) is 6.07 Å². The fourth-order valence-corrected chi connectivity index (χ4v) is 2.36. The van der Waals surface area contributed by atoms with Gasteiger partial charge in [0.2, 0.25) is 0 Å². The molecule has 1 N–H and O–H groups in total. The molecule has 1 aromatic rings. The van der Waals surface area contributed by atoms with Gasteiger partial charge in [-0.05, 0) is 25.5 Å². The quantitative estimate of drug-likeness (QED) is 0.857. The van der Waals surface area contributed by atoms with Gasteiger partial charge in [-0.15, -0.1) is 0 Å². The fraction of sp³-hybridized carbons (Fsp3) is 0.538. The van der Waals surface area contributed by atoms with Crippen LogP contribution in [-0.4, -0.2) is 42.5 Å². The third-order valence-electron chi connectivity index (χ3n) is 3.28. The highest BCUT2D eigenvalue weighted by atomic mass is 16.5. The molecule has 0 unspecified atom stereocenters. The van der Waals surface area contributed by atoms with Crippen LogP contribution in [0, 0.1) is 18.3 Å². The van der Waals surface area contributed by atoms with Crippen LogP contribution in [0.5, 0.6) is 0 Å². The van der Waals surface area contributed by atoms with Crippen LogP contribution in [0.15, 0.2) is 12.1 Å². The third kappa shape index (κ3) is 2.45. The molecule has 2 atom stereocenters. The first-order valence-corrected chi connectivity index (χ1v) is 5.97. The molecule has 0 amide bonds. The summed E-state index contributed by atoms with van der Waals surface area (Å²) in [5.74, 6) is 0.741. The smallest absolute Gasteiger partial charge is 0.130 e. The molecule has 1 saturated heterocycles. The molecule has 1 aliphatic heterocycles. The molecule has 0 saturated carbocycles. The molecule has 96 valence electrons. The number of pyridine rings is 1. The minimum Gasteiger partial charge on any atom is -0.394 e. The Hall–Kier alpha value is -1.64. The lowest BCUT2D eigenvalue weighted by Gasteiger charge is -2.24. The number of nitrogens with zero attached hydrogens (tertiary/aromatic N) is 3.